The second kappa shape index (κ2) is 5.81. The van der Waals surface area contributed by atoms with Gasteiger partial charge in [0.05, 0.1) is 13.2 Å². The van der Waals surface area contributed by atoms with Gasteiger partial charge in [0.15, 0.2) is 0 Å². The number of imidazole rings is 1. The monoisotopic (exact) mass is 197 g/mol. The molecule has 0 bridgehead atoms. The zero-order valence-corrected chi connectivity index (χ0v) is 9.49. The molecule has 3 heteroatoms. The molecule has 0 fully saturated rings. The van der Waals surface area contributed by atoms with Crippen molar-refractivity contribution < 1.29 is 9.30 Å². The van der Waals surface area contributed by atoms with Gasteiger partial charge in [-0.3, -0.25) is 0 Å². The predicted octanol–water partition coefficient (Wildman–Crippen LogP) is 1.53. The van der Waals surface area contributed by atoms with Crippen LogP contribution in [0.4, 0.5) is 0 Å². The van der Waals surface area contributed by atoms with Crippen molar-refractivity contribution in [1.29, 1.82) is 0 Å². The van der Waals surface area contributed by atoms with Crippen molar-refractivity contribution in [3.63, 3.8) is 0 Å². The maximum Gasteiger partial charge on any atom is 0.253 e. The molecule has 0 aliphatic rings. The molecule has 0 aromatic carbocycles. The van der Waals surface area contributed by atoms with Crippen LogP contribution < -0.4 is 4.57 Å². The molecule has 0 saturated carbocycles. The first-order chi connectivity index (χ1) is 6.79. The number of aryl methyl sites for hydroxylation is 1. The van der Waals surface area contributed by atoms with E-state index in [1.165, 1.54) is 5.82 Å². The van der Waals surface area contributed by atoms with Gasteiger partial charge in [-0.15, -0.1) is 0 Å². The average Bonchev–Trinajstić information content (AvgIpc) is 2.55. The topological polar surface area (TPSA) is 18.0 Å². The lowest BCUT2D eigenvalue weighted by Gasteiger charge is -2.01. The summed E-state index contributed by atoms with van der Waals surface area (Å²) in [6.07, 6.45) is 5.34. The lowest BCUT2D eigenvalue weighted by Crippen LogP contribution is -2.37. The van der Waals surface area contributed by atoms with Crippen molar-refractivity contribution in [1.82, 2.24) is 4.57 Å². The third kappa shape index (κ3) is 2.84. The highest BCUT2D eigenvalue weighted by Gasteiger charge is 2.09. The van der Waals surface area contributed by atoms with Crippen LogP contribution in [0.5, 0.6) is 0 Å². The summed E-state index contributed by atoms with van der Waals surface area (Å²) in [6.45, 7) is 10.1. The Morgan fingerprint density at radius 1 is 1.36 bits per heavy atom. The summed E-state index contributed by atoms with van der Waals surface area (Å²) >= 11 is 0. The smallest absolute Gasteiger partial charge is 0.253 e. The first-order valence-corrected chi connectivity index (χ1v) is 5.42. The fourth-order valence-electron chi connectivity index (χ4n) is 1.52. The molecule has 0 unspecified atom stereocenters. The van der Waals surface area contributed by atoms with Crippen LogP contribution in [0.1, 0.15) is 26.1 Å². The quantitative estimate of drug-likeness (QED) is 0.499. The van der Waals surface area contributed by atoms with Crippen LogP contribution >= 0.6 is 0 Å². The highest BCUT2D eigenvalue weighted by atomic mass is 16.5. The standard InChI is InChI=1S/C11H21N2O/c1-4-9-14-10-8-13-7-6-12(5-2)11(13)3/h6-7H,4-5,8-10H2,1-3H3/q+1. The summed E-state index contributed by atoms with van der Waals surface area (Å²) in [4.78, 5) is 0. The van der Waals surface area contributed by atoms with Crippen molar-refractivity contribution >= 4 is 0 Å². The Hall–Kier alpha value is -0.830. The largest absolute Gasteiger partial charge is 0.377 e. The number of rotatable bonds is 6. The number of hydrogen-bond donors (Lipinski definition) is 0. The van der Waals surface area contributed by atoms with Gasteiger partial charge >= 0.3 is 0 Å². The van der Waals surface area contributed by atoms with E-state index in [4.69, 9.17) is 4.74 Å². The lowest BCUT2D eigenvalue weighted by molar-refractivity contribution is -0.703. The molecular formula is C11H21N2O+. The van der Waals surface area contributed by atoms with Gasteiger partial charge < -0.3 is 4.74 Å². The second-order valence-corrected chi connectivity index (χ2v) is 3.44. The highest BCUT2D eigenvalue weighted by Crippen LogP contribution is 1.92. The van der Waals surface area contributed by atoms with Crippen molar-refractivity contribution in [2.24, 2.45) is 0 Å². The van der Waals surface area contributed by atoms with Gasteiger partial charge in [-0.1, -0.05) is 6.92 Å². The first kappa shape index (κ1) is 11.2. The maximum atomic E-state index is 5.45. The summed E-state index contributed by atoms with van der Waals surface area (Å²) in [5, 5.41) is 0. The van der Waals surface area contributed by atoms with E-state index in [1.807, 2.05) is 0 Å². The van der Waals surface area contributed by atoms with E-state index in [-0.39, 0.29) is 0 Å². The van der Waals surface area contributed by atoms with Crippen LogP contribution in [-0.4, -0.2) is 17.8 Å². The normalized spacial score (nSPS) is 10.8. The number of nitrogens with zero attached hydrogens (tertiary/aromatic N) is 2. The van der Waals surface area contributed by atoms with Gasteiger partial charge in [-0.2, -0.15) is 0 Å². The van der Waals surface area contributed by atoms with Crippen molar-refractivity contribution in [2.75, 3.05) is 13.2 Å². The maximum absolute atomic E-state index is 5.45. The molecule has 1 rings (SSSR count). The molecule has 14 heavy (non-hydrogen) atoms. The van der Waals surface area contributed by atoms with Crippen LogP contribution in [0.3, 0.4) is 0 Å². The van der Waals surface area contributed by atoms with Gasteiger partial charge in [0.2, 0.25) is 0 Å². The van der Waals surface area contributed by atoms with E-state index < -0.39 is 0 Å². The van der Waals surface area contributed by atoms with Gasteiger partial charge in [-0.25, -0.2) is 9.13 Å². The van der Waals surface area contributed by atoms with Crippen molar-refractivity contribution in [3.8, 4) is 0 Å². The number of aromatic nitrogens is 2. The Balaban J connectivity index is 2.39. The fourth-order valence-corrected chi connectivity index (χ4v) is 1.52. The van der Waals surface area contributed by atoms with E-state index >= 15 is 0 Å². The van der Waals surface area contributed by atoms with E-state index in [0.717, 1.165) is 32.7 Å². The summed E-state index contributed by atoms with van der Waals surface area (Å²) < 4.78 is 9.93. The van der Waals surface area contributed by atoms with Crippen molar-refractivity contribution in [3.05, 3.63) is 18.2 Å². The minimum absolute atomic E-state index is 0.813. The molecule has 1 aromatic rings. The van der Waals surface area contributed by atoms with Crippen molar-refractivity contribution in [2.45, 2.75) is 40.3 Å². The second-order valence-electron chi connectivity index (χ2n) is 3.44. The SMILES string of the molecule is CCCOCC[n+]1ccn(CC)c1C. The van der Waals surface area contributed by atoms with Crippen LogP contribution in [0.2, 0.25) is 0 Å². The molecule has 0 spiro atoms. The molecular weight excluding hydrogens is 176 g/mol. The Bertz CT molecular complexity index is 268. The summed E-state index contributed by atoms with van der Waals surface area (Å²) in [5.74, 6) is 1.30. The van der Waals surface area contributed by atoms with Gasteiger partial charge in [0.1, 0.15) is 18.9 Å². The highest BCUT2D eigenvalue weighted by molar-refractivity contribution is 4.78. The lowest BCUT2D eigenvalue weighted by atomic mass is 10.5. The summed E-state index contributed by atoms with van der Waals surface area (Å²) in [6, 6.07) is 0. The molecule has 0 amide bonds. The van der Waals surface area contributed by atoms with Crippen LogP contribution in [-0.2, 0) is 17.8 Å². The minimum Gasteiger partial charge on any atom is -0.377 e. The number of hydrogen-bond acceptors (Lipinski definition) is 1. The molecule has 0 aliphatic heterocycles. The van der Waals surface area contributed by atoms with E-state index in [0.29, 0.717) is 0 Å². The molecule has 0 saturated heterocycles. The third-order valence-electron chi connectivity index (χ3n) is 2.42. The Kier molecular flexibility index (Phi) is 4.66. The van der Waals surface area contributed by atoms with Gasteiger partial charge in [-0.05, 0) is 13.3 Å². The van der Waals surface area contributed by atoms with E-state index in [9.17, 15) is 0 Å². The minimum atomic E-state index is 0.813. The molecule has 0 N–H and O–H groups in total. The first-order valence-electron chi connectivity index (χ1n) is 5.42. The molecule has 0 aliphatic carbocycles. The number of ether oxygens (including phenoxy) is 1. The van der Waals surface area contributed by atoms with E-state index in [1.54, 1.807) is 0 Å². The zero-order chi connectivity index (χ0) is 10.4. The summed E-state index contributed by atoms with van der Waals surface area (Å²) in [5.41, 5.74) is 0. The van der Waals surface area contributed by atoms with E-state index in [2.05, 4.69) is 42.3 Å². The van der Waals surface area contributed by atoms with Gasteiger partial charge in [0.25, 0.3) is 5.82 Å². The fraction of sp³-hybridized carbons (Fsp3) is 0.727. The third-order valence-corrected chi connectivity index (χ3v) is 2.42. The molecule has 0 atom stereocenters. The Labute approximate surface area is 86.3 Å². The Morgan fingerprint density at radius 3 is 2.71 bits per heavy atom. The van der Waals surface area contributed by atoms with Crippen LogP contribution in [0.25, 0.3) is 0 Å². The molecule has 3 nitrogen and oxygen atoms in total. The van der Waals surface area contributed by atoms with Gasteiger partial charge in [0, 0.05) is 13.5 Å². The molecule has 80 valence electrons. The molecule has 1 heterocycles. The molecule has 1 aromatic heterocycles. The van der Waals surface area contributed by atoms with Crippen LogP contribution in [0.15, 0.2) is 12.4 Å². The average molecular weight is 197 g/mol. The summed E-state index contributed by atoms with van der Waals surface area (Å²) in [7, 11) is 0. The Morgan fingerprint density at radius 2 is 2.14 bits per heavy atom. The zero-order valence-electron chi connectivity index (χ0n) is 9.49. The predicted molar refractivity (Wildman–Crippen MR) is 56.1 cm³/mol. The van der Waals surface area contributed by atoms with Crippen LogP contribution in [0, 0.1) is 6.92 Å². The molecule has 0 radical (unpaired) electrons.